The molecule has 2 saturated heterocycles. The Hall–Kier alpha value is -3.63. The first-order valence-electron chi connectivity index (χ1n) is 18.6. The quantitative estimate of drug-likeness (QED) is 0.167. The number of piperidine rings is 2. The number of likely N-dealkylation sites (N-methyl/N-ethyl adjacent to an activating group) is 2. The Kier molecular flexibility index (Phi) is 16.0. The number of fused-ring (bicyclic) bond motifs is 2. The first kappa shape index (κ1) is 42.1. The molecule has 0 saturated carbocycles. The molecule has 4 aliphatic heterocycles. The maximum atomic E-state index is 13.1. The van der Waals surface area contributed by atoms with Gasteiger partial charge in [0.2, 0.25) is 11.8 Å². The van der Waals surface area contributed by atoms with Gasteiger partial charge in [0.1, 0.15) is 12.1 Å². The molecule has 2 aromatic carbocycles. The van der Waals surface area contributed by atoms with Gasteiger partial charge in [-0.05, 0) is 72.9 Å². The zero-order chi connectivity index (χ0) is 38.7. The van der Waals surface area contributed by atoms with Gasteiger partial charge < -0.3 is 19.3 Å². The van der Waals surface area contributed by atoms with Crippen molar-refractivity contribution in [3.8, 4) is 0 Å². The summed E-state index contributed by atoms with van der Waals surface area (Å²) in [6, 6.07) is 10.2. The van der Waals surface area contributed by atoms with E-state index in [1.54, 1.807) is 21.9 Å². The van der Waals surface area contributed by atoms with Crippen LogP contribution >= 0.6 is 0 Å². The van der Waals surface area contributed by atoms with Gasteiger partial charge in [0.25, 0.3) is 23.6 Å². The Morgan fingerprint density at radius 1 is 0.623 bits per heavy atom. The Morgan fingerprint density at radius 3 is 1.38 bits per heavy atom. The van der Waals surface area contributed by atoms with Crippen molar-refractivity contribution in [2.24, 2.45) is 0 Å². The van der Waals surface area contributed by atoms with Crippen LogP contribution in [-0.2, 0) is 54.6 Å². The van der Waals surface area contributed by atoms with Gasteiger partial charge in [-0.15, -0.1) is 0 Å². The zero-order valence-electron chi connectivity index (χ0n) is 31.7. The molecular weight excluding hydrogens is 792 g/mol. The van der Waals surface area contributed by atoms with E-state index in [0.29, 0.717) is 63.5 Å². The number of benzene rings is 2. The molecule has 0 spiro atoms. The normalized spacial score (nSPS) is 19.6. The number of rotatable bonds is 13. The average Bonchev–Trinajstić information content (AvgIpc) is 3.68. The Bertz CT molecular complexity index is 1550. The molecule has 1 radical (unpaired) electrons. The van der Waals surface area contributed by atoms with Crippen molar-refractivity contribution < 1.29 is 38.2 Å². The summed E-state index contributed by atoms with van der Waals surface area (Å²) in [4.78, 5) is 83.0. The third kappa shape index (κ3) is 9.73. The van der Waals surface area contributed by atoms with E-state index in [9.17, 15) is 28.8 Å². The molecule has 2 atom stereocenters. The summed E-state index contributed by atoms with van der Waals surface area (Å²) in [7, 11) is 2.95. The number of hydrogen-bond donors (Lipinski definition) is 0. The van der Waals surface area contributed by atoms with E-state index < -0.39 is 12.1 Å². The molecule has 4 heterocycles. The molecule has 0 bridgehead atoms. The van der Waals surface area contributed by atoms with Crippen LogP contribution in [0.25, 0.3) is 0 Å². The summed E-state index contributed by atoms with van der Waals surface area (Å²) in [5.74, 6) is -1.38. The number of imide groups is 2. The summed E-state index contributed by atoms with van der Waals surface area (Å²) < 4.78 is 11.6. The van der Waals surface area contributed by atoms with E-state index >= 15 is 0 Å². The van der Waals surface area contributed by atoms with Gasteiger partial charge in [0.15, 0.2) is 0 Å². The van der Waals surface area contributed by atoms with Gasteiger partial charge in [-0.2, -0.15) is 0 Å². The molecular formula is C40H53N4O8Te. The van der Waals surface area contributed by atoms with Crippen molar-refractivity contribution in [3.63, 3.8) is 0 Å². The maximum absolute atomic E-state index is 13.1. The van der Waals surface area contributed by atoms with Crippen LogP contribution in [-0.4, -0.2) is 130 Å². The van der Waals surface area contributed by atoms with Crippen LogP contribution in [0.15, 0.2) is 36.4 Å². The second kappa shape index (κ2) is 20.2. The Labute approximate surface area is 326 Å². The monoisotopic (exact) mass is 847 g/mol. The van der Waals surface area contributed by atoms with Gasteiger partial charge in [-0.3, -0.25) is 38.6 Å². The first-order chi connectivity index (χ1) is 25.6. The van der Waals surface area contributed by atoms with E-state index in [2.05, 4.69) is 13.8 Å². The number of amides is 6. The molecule has 6 amide bonds. The minimum atomic E-state index is -0.610. The van der Waals surface area contributed by atoms with Gasteiger partial charge in [-0.25, -0.2) is 0 Å². The second-order valence-electron chi connectivity index (χ2n) is 13.6. The number of ether oxygens (including phenoxy) is 2. The molecule has 13 heteroatoms. The molecule has 0 aliphatic carbocycles. The molecule has 53 heavy (non-hydrogen) atoms. The fourth-order valence-electron chi connectivity index (χ4n) is 7.23. The summed E-state index contributed by atoms with van der Waals surface area (Å²) >= 11 is 1.95. The topological polar surface area (TPSA) is 134 Å². The van der Waals surface area contributed by atoms with Crippen LogP contribution in [0.4, 0.5) is 0 Å². The van der Waals surface area contributed by atoms with Crippen LogP contribution in [0.2, 0.25) is 4.97 Å². The number of carbonyl (C=O) groups is 6. The molecule has 2 aromatic rings. The molecule has 0 N–H and O–H groups in total. The van der Waals surface area contributed by atoms with Crippen LogP contribution in [0.3, 0.4) is 0 Å². The van der Waals surface area contributed by atoms with E-state index in [1.165, 1.54) is 20.5 Å². The van der Waals surface area contributed by atoms with Gasteiger partial charge >= 0.3 is 27.3 Å². The van der Waals surface area contributed by atoms with Crippen molar-refractivity contribution >= 4 is 57.7 Å². The summed E-state index contributed by atoms with van der Waals surface area (Å²) in [6.07, 6.45) is 5.51. The van der Waals surface area contributed by atoms with Crippen LogP contribution in [0.5, 0.6) is 0 Å². The fourth-order valence-corrected chi connectivity index (χ4v) is 7.23. The van der Waals surface area contributed by atoms with Crippen molar-refractivity contribution in [1.82, 2.24) is 19.6 Å². The van der Waals surface area contributed by atoms with E-state index in [0.717, 1.165) is 57.7 Å². The van der Waals surface area contributed by atoms with E-state index in [1.807, 2.05) is 51.5 Å². The molecule has 0 aromatic heterocycles. The Balaban J connectivity index is 0.00000119. The number of carbonyl (C=O) groups excluding carboxylic acids is 6. The van der Waals surface area contributed by atoms with E-state index in [-0.39, 0.29) is 48.3 Å². The Morgan fingerprint density at radius 2 is 1.00 bits per heavy atom. The minimum absolute atomic E-state index is 0.156. The average molecular weight is 845 g/mol. The standard InChI is InChI=1S/C36H42N4O8.C3H8.CH3Te/c1-37-31(41)15-13-29(35(37)45)39-21-27-23(7-3-11-25(27)33(39)43)9-5-17-47-19-20-48-18-6-10-24-8-4-12-26-28(24)22-40(34(26)44)30-14-16-32(42)38(2)36(30)46;1-3-2;1-2/h3-4,7-8,11-12,29-30H,5-6,9-10,13-22H2,1-2H3;3H2,1-2H3;1H3. The zero-order valence-corrected chi connectivity index (χ0v) is 34.0. The molecule has 2 fully saturated rings. The summed E-state index contributed by atoms with van der Waals surface area (Å²) in [5, 5.41) is 0. The fraction of sp³-hybridized carbons (Fsp3) is 0.550. The van der Waals surface area contributed by atoms with Crippen molar-refractivity contribution in [3.05, 3.63) is 69.8 Å². The van der Waals surface area contributed by atoms with Crippen molar-refractivity contribution in [2.75, 3.05) is 40.5 Å². The molecule has 4 aliphatic rings. The predicted octanol–water partition coefficient (Wildman–Crippen LogP) is 4.11. The molecule has 12 nitrogen and oxygen atoms in total. The van der Waals surface area contributed by atoms with Crippen molar-refractivity contribution in [1.29, 1.82) is 0 Å². The van der Waals surface area contributed by atoms with Gasteiger partial charge in [0.05, 0.1) is 13.2 Å². The van der Waals surface area contributed by atoms with Crippen LogP contribution < -0.4 is 0 Å². The second-order valence-corrected chi connectivity index (χ2v) is 13.6. The van der Waals surface area contributed by atoms with Crippen LogP contribution in [0.1, 0.15) is 102 Å². The van der Waals surface area contributed by atoms with Gasteiger partial charge in [0, 0.05) is 64.4 Å². The third-order valence-electron chi connectivity index (χ3n) is 10.0. The predicted molar refractivity (Wildman–Crippen MR) is 200 cm³/mol. The third-order valence-corrected chi connectivity index (χ3v) is 10.0. The van der Waals surface area contributed by atoms with E-state index in [4.69, 9.17) is 9.47 Å². The first-order valence-corrected chi connectivity index (χ1v) is 20.9. The van der Waals surface area contributed by atoms with Crippen molar-refractivity contribution in [2.45, 2.75) is 102 Å². The number of nitrogens with zero attached hydrogens (tertiary/aromatic N) is 4. The summed E-state index contributed by atoms with van der Waals surface area (Å²) in [6.45, 7) is 7.02. The number of aryl methyl sites for hydroxylation is 2. The van der Waals surface area contributed by atoms with Crippen LogP contribution in [0, 0.1) is 0 Å². The SMILES string of the molecule is CCC.CN1C(=O)CCC(N2Cc3c(CCCOCCOCCCc4cccc5c4CN(C4CCC(=O)N(C)C4=O)C5=O)cccc3C2=O)C1=O.C[Te]. The number of likely N-dealkylation sites (tertiary alicyclic amines) is 2. The summed E-state index contributed by atoms with van der Waals surface area (Å²) in [5.41, 5.74) is 5.30. The molecule has 2 unspecified atom stereocenters. The molecule has 287 valence electrons. The molecule has 6 rings (SSSR count). The number of hydrogen-bond acceptors (Lipinski definition) is 8. The van der Waals surface area contributed by atoms with Gasteiger partial charge in [-0.1, -0.05) is 44.5 Å².